The predicted molar refractivity (Wildman–Crippen MR) is 59.8 cm³/mol. The molecule has 4 nitrogen and oxygen atoms in total. The molecule has 0 aliphatic carbocycles. The van der Waals surface area contributed by atoms with Crippen LogP contribution in [-0.2, 0) is 42.7 Å². The Morgan fingerprint density at radius 3 is 2.47 bits per heavy atom. The molecule has 0 saturated carbocycles. The molecule has 1 aromatic heterocycles. The minimum Gasteiger partial charge on any atom is -0.547 e. The quantitative estimate of drug-likeness (QED) is 0.578. The maximum atomic E-state index is 11.2. The molecular formula is C7H8BrClN2O2SY-2. The van der Waals surface area contributed by atoms with Crippen LogP contribution in [0.3, 0.4) is 0 Å². The van der Waals surface area contributed by atoms with Crippen molar-refractivity contribution in [2.45, 2.75) is 4.90 Å². The minimum absolute atomic E-state index is 0. The van der Waals surface area contributed by atoms with Crippen LogP contribution >= 0.6 is 27.5 Å². The van der Waals surface area contributed by atoms with Crippen LogP contribution in [0.5, 0.6) is 0 Å². The smallest absolute Gasteiger partial charge is 0.143 e. The fourth-order valence-corrected chi connectivity index (χ4v) is 1.92. The number of rotatable bonds is 2. The Labute approximate surface area is 128 Å². The molecule has 1 radical (unpaired) electrons. The summed E-state index contributed by atoms with van der Waals surface area (Å²) in [6, 6.07) is 1.36. The average molecular weight is 388 g/mol. The minimum atomic E-state index is -3.56. The van der Waals surface area contributed by atoms with Gasteiger partial charge in [-0.25, -0.2) is 13.4 Å². The molecule has 0 fully saturated rings. The standard InChI is InChI=1S/C6H5BrClN2O2S.CH3.Y/c1-9-13(11,12)4-2-5(7)6(8)10-3-4;;/h2-3H,1H3;1H3;/q2*-1;. The molecule has 0 aliphatic heterocycles. The van der Waals surface area contributed by atoms with E-state index in [0.29, 0.717) is 4.47 Å². The van der Waals surface area contributed by atoms with Crippen LogP contribution in [0.15, 0.2) is 21.6 Å². The summed E-state index contributed by atoms with van der Waals surface area (Å²) in [5.41, 5.74) is 0. The first-order chi connectivity index (χ1) is 5.97. The van der Waals surface area contributed by atoms with Crippen molar-refractivity contribution in [2.24, 2.45) is 0 Å². The molecule has 1 heterocycles. The van der Waals surface area contributed by atoms with E-state index in [2.05, 4.69) is 25.6 Å². The van der Waals surface area contributed by atoms with E-state index in [1.165, 1.54) is 13.1 Å². The molecule has 0 aliphatic rings. The van der Waals surface area contributed by atoms with Gasteiger partial charge < -0.3 is 12.1 Å². The number of pyridine rings is 1. The summed E-state index contributed by atoms with van der Waals surface area (Å²) in [5, 5.41) is 0.218. The topological polar surface area (TPSA) is 61.1 Å². The van der Waals surface area contributed by atoms with E-state index in [0.717, 1.165) is 6.20 Å². The fraction of sp³-hybridized carbons (Fsp3) is 0.143. The zero-order valence-corrected chi connectivity index (χ0v) is 14.1. The van der Waals surface area contributed by atoms with Gasteiger partial charge in [0.2, 0.25) is 0 Å². The second-order valence-corrected chi connectivity index (χ2v) is 5.10. The molecule has 0 bridgehead atoms. The van der Waals surface area contributed by atoms with Crippen LogP contribution in [0.2, 0.25) is 5.15 Å². The second kappa shape index (κ2) is 7.30. The normalized spacial score (nSPS) is 10.1. The van der Waals surface area contributed by atoms with Gasteiger partial charge in [-0.2, -0.15) is 7.05 Å². The first kappa shape index (κ1) is 18.3. The predicted octanol–water partition coefficient (Wildman–Crippen LogP) is 2.64. The summed E-state index contributed by atoms with van der Waals surface area (Å²) in [4.78, 5) is 3.69. The Balaban J connectivity index is 0. The molecule has 0 aromatic carbocycles. The van der Waals surface area contributed by atoms with Crippen LogP contribution in [0.25, 0.3) is 4.72 Å². The number of hydrogen-bond acceptors (Lipinski definition) is 3. The second-order valence-electron chi connectivity index (χ2n) is 2.10. The van der Waals surface area contributed by atoms with Crippen LogP contribution in [-0.4, -0.2) is 20.4 Å². The van der Waals surface area contributed by atoms with Gasteiger partial charge in [0.15, 0.2) is 0 Å². The summed E-state index contributed by atoms with van der Waals surface area (Å²) in [5.74, 6) is 0. The van der Waals surface area contributed by atoms with Crippen molar-refractivity contribution in [1.82, 2.24) is 4.98 Å². The van der Waals surface area contributed by atoms with E-state index in [-0.39, 0.29) is 50.2 Å². The van der Waals surface area contributed by atoms with Crippen molar-refractivity contribution in [3.63, 3.8) is 0 Å². The van der Waals surface area contributed by atoms with Gasteiger partial charge in [0.1, 0.15) is 15.2 Å². The van der Waals surface area contributed by atoms with E-state index >= 15 is 0 Å². The van der Waals surface area contributed by atoms with E-state index in [1.54, 1.807) is 0 Å². The van der Waals surface area contributed by atoms with E-state index < -0.39 is 10.0 Å². The van der Waals surface area contributed by atoms with Crippen LogP contribution in [0.1, 0.15) is 0 Å². The first-order valence-corrected chi connectivity index (χ1v) is 5.75. The maximum absolute atomic E-state index is 11.2. The van der Waals surface area contributed by atoms with Gasteiger partial charge >= 0.3 is 0 Å². The third-order valence-electron chi connectivity index (χ3n) is 1.31. The molecule has 83 valence electrons. The molecule has 0 N–H and O–H groups in total. The number of halogens is 2. The summed E-state index contributed by atoms with van der Waals surface area (Å²) < 4.78 is 26.0. The van der Waals surface area contributed by atoms with Crippen molar-refractivity contribution >= 4 is 37.6 Å². The number of sulfonamides is 1. The summed E-state index contributed by atoms with van der Waals surface area (Å²) in [6.07, 6.45) is 1.16. The molecule has 0 spiro atoms. The SMILES string of the molecule is C[N-]S(=O)(=O)c1cnc(Cl)c(Br)c1.[CH3-].[Y]. The van der Waals surface area contributed by atoms with Crippen molar-refractivity contribution in [1.29, 1.82) is 0 Å². The first-order valence-electron chi connectivity index (χ1n) is 3.14. The van der Waals surface area contributed by atoms with Crippen LogP contribution < -0.4 is 0 Å². The summed E-state index contributed by atoms with van der Waals surface area (Å²) in [7, 11) is -2.36. The van der Waals surface area contributed by atoms with Crippen molar-refractivity contribution in [3.8, 4) is 0 Å². The van der Waals surface area contributed by atoms with Gasteiger partial charge in [-0.3, -0.25) is 0 Å². The molecule has 0 unspecified atom stereocenters. The zero-order valence-electron chi connectivity index (χ0n) is 8.11. The number of aromatic nitrogens is 1. The summed E-state index contributed by atoms with van der Waals surface area (Å²) >= 11 is 8.66. The molecule has 1 aromatic rings. The molecule has 1 rings (SSSR count). The van der Waals surface area contributed by atoms with Gasteiger partial charge in [-0.05, 0) is 22.0 Å². The largest absolute Gasteiger partial charge is 0.547 e. The van der Waals surface area contributed by atoms with Gasteiger partial charge in [0, 0.05) is 38.9 Å². The third kappa shape index (κ3) is 4.75. The molecule has 0 saturated heterocycles. The van der Waals surface area contributed by atoms with Crippen molar-refractivity contribution in [2.75, 3.05) is 7.05 Å². The van der Waals surface area contributed by atoms with Gasteiger partial charge in [-0.15, -0.1) is 0 Å². The Bertz CT molecular complexity index is 427. The molecular weight excluding hydrogens is 380 g/mol. The Hall–Kier alpha value is 0.934. The third-order valence-corrected chi connectivity index (χ3v) is 3.74. The average Bonchev–Trinajstić information content (AvgIpc) is 2.09. The summed E-state index contributed by atoms with van der Waals surface area (Å²) in [6.45, 7) is 0. The van der Waals surface area contributed by atoms with Gasteiger partial charge in [0.25, 0.3) is 0 Å². The monoisotopic (exact) mass is 387 g/mol. The van der Waals surface area contributed by atoms with Crippen LogP contribution in [0.4, 0.5) is 0 Å². The molecule has 0 amide bonds. The van der Waals surface area contributed by atoms with Crippen LogP contribution in [0, 0.1) is 7.43 Å². The van der Waals surface area contributed by atoms with E-state index in [4.69, 9.17) is 11.6 Å². The van der Waals surface area contributed by atoms with Gasteiger partial charge in [-0.1, -0.05) is 11.6 Å². The van der Waals surface area contributed by atoms with Crippen molar-refractivity contribution in [3.05, 3.63) is 34.0 Å². The Morgan fingerprint density at radius 2 is 2.07 bits per heavy atom. The zero-order chi connectivity index (χ0) is 10.1. The molecule has 15 heavy (non-hydrogen) atoms. The fourth-order valence-electron chi connectivity index (χ4n) is 0.650. The number of nitrogens with zero attached hydrogens (tertiary/aromatic N) is 2. The van der Waals surface area contributed by atoms with E-state index in [1.807, 2.05) is 0 Å². The Kier molecular flexibility index (Phi) is 8.90. The maximum Gasteiger partial charge on any atom is 0.143 e. The molecule has 8 heteroatoms. The Morgan fingerprint density at radius 1 is 1.53 bits per heavy atom. The van der Waals surface area contributed by atoms with Gasteiger partial charge in [0.05, 0.1) is 9.37 Å². The number of hydrogen-bond donors (Lipinski definition) is 0. The van der Waals surface area contributed by atoms with E-state index in [9.17, 15) is 8.42 Å². The molecule has 0 atom stereocenters. The van der Waals surface area contributed by atoms with Crippen molar-refractivity contribution < 1.29 is 41.1 Å².